The summed E-state index contributed by atoms with van der Waals surface area (Å²) in [6.07, 6.45) is 3.20. The molecule has 2 aromatic rings. The topological polar surface area (TPSA) is 49.7 Å². The molecule has 1 fully saturated rings. The number of amides is 2. The summed E-state index contributed by atoms with van der Waals surface area (Å²) in [5.41, 5.74) is 1.70. The summed E-state index contributed by atoms with van der Waals surface area (Å²) in [4.78, 5) is 24.5. The molecule has 4 nitrogen and oxygen atoms in total. The standard InChI is InChI=1S/C17H12N2O2S/c20-16-15(11-13-7-3-1-4-8-13)22-17(21)19(16)18-12-14-9-5-2-6-10-14/h1-12H. The Labute approximate surface area is 132 Å². The maximum atomic E-state index is 12.2. The molecule has 2 aromatic carbocycles. The summed E-state index contributed by atoms with van der Waals surface area (Å²) >= 11 is 0.897. The summed E-state index contributed by atoms with van der Waals surface area (Å²) in [7, 11) is 0. The van der Waals surface area contributed by atoms with Crippen LogP contribution in [0, 0.1) is 0 Å². The van der Waals surface area contributed by atoms with Crippen molar-refractivity contribution in [3.05, 3.63) is 76.7 Å². The van der Waals surface area contributed by atoms with E-state index < -0.39 is 5.91 Å². The molecule has 1 saturated heterocycles. The van der Waals surface area contributed by atoms with E-state index >= 15 is 0 Å². The predicted molar refractivity (Wildman–Crippen MR) is 88.3 cm³/mol. The molecule has 0 saturated carbocycles. The second-order valence-electron chi connectivity index (χ2n) is 4.56. The van der Waals surface area contributed by atoms with Gasteiger partial charge in [0.1, 0.15) is 0 Å². The van der Waals surface area contributed by atoms with Gasteiger partial charge >= 0.3 is 5.24 Å². The Hall–Kier alpha value is -2.66. The van der Waals surface area contributed by atoms with E-state index in [0.29, 0.717) is 4.91 Å². The molecule has 0 spiro atoms. The molecule has 0 atom stereocenters. The summed E-state index contributed by atoms with van der Waals surface area (Å²) in [6.45, 7) is 0. The Morgan fingerprint density at radius 3 is 2.09 bits per heavy atom. The highest BCUT2D eigenvalue weighted by atomic mass is 32.2. The van der Waals surface area contributed by atoms with Gasteiger partial charge in [0.15, 0.2) is 0 Å². The molecule has 3 rings (SSSR count). The molecule has 5 heteroatoms. The fraction of sp³-hybridized carbons (Fsp3) is 0. The number of thioether (sulfide) groups is 1. The van der Waals surface area contributed by atoms with Crippen molar-refractivity contribution in [2.45, 2.75) is 0 Å². The van der Waals surface area contributed by atoms with Crippen molar-refractivity contribution in [3.63, 3.8) is 0 Å². The number of benzene rings is 2. The van der Waals surface area contributed by atoms with E-state index in [1.807, 2.05) is 60.7 Å². The number of imide groups is 1. The van der Waals surface area contributed by atoms with Gasteiger partial charge < -0.3 is 0 Å². The first-order chi connectivity index (χ1) is 10.7. The van der Waals surface area contributed by atoms with Gasteiger partial charge in [-0.15, -0.1) is 0 Å². The van der Waals surface area contributed by atoms with E-state index in [4.69, 9.17) is 0 Å². The van der Waals surface area contributed by atoms with Crippen LogP contribution in [0.15, 0.2) is 70.7 Å². The number of hydrogen-bond donors (Lipinski definition) is 0. The summed E-state index contributed by atoms with van der Waals surface area (Å²) in [6, 6.07) is 18.7. The average Bonchev–Trinajstić information content (AvgIpc) is 2.81. The zero-order valence-electron chi connectivity index (χ0n) is 11.5. The molecular weight excluding hydrogens is 296 g/mol. The summed E-state index contributed by atoms with van der Waals surface area (Å²) in [5, 5.41) is 4.50. The third-order valence-corrected chi connectivity index (χ3v) is 3.85. The van der Waals surface area contributed by atoms with E-state index in [1.54, 1.807) is 6.08 Å². The van der Waals surface area contributed by atoms with E-state index in [0.717, 1.165) is 27.9 Å². The van der Waals surface area contributed by atoms with Crippen LogP contribution in [0.1, 0.15) is 11.1 Å². The van der Waals surface area contributed by atoms with E-state index in [9.17, 15) is 9.59 Å². The molecule has 108 valence electrons. The Morgan fingerprint density at radius 1 is 0.864 bits per heavy atom. The van der Waals surface area contributed by atoms with Crippen LogP contribution in [-0.4, -0.2) is 22.4 Å². The van der Waals surface area contributed by atoms with Gasteiger partial charge in [0.2, 0.25) is 0 Å². The van der Waals surface area contributed by atoms with Gasteiger partial charge in [0.05, 0.1) is 11.1 Å². The van der Waals surface area contributed by atoms with Gasteiger partial charge in [-0.2, -0.15) is 10.1 Å². The van der Waals surface area contributed by atoms with Crippen LogP contribution in [0.25, 0.3) is 6.08 Å². The highest BCUT2D eigenvalue weighted by Gasteiger charge is 2.35. The van der Waals surface area contributed by atoms with Crippen molar-refractivity contribution in [2.75, 3.05) is 0 Å². The van der Waals surface area contributed by atoms with Crippen LogP contribution in [0.2, 0.25) is 0 Å². The maximum absolute atomic E-state index is 12.2. The molecule has 1 heterocycles. The lowest BCUT2D eigenvalue weighted by Crippen LogP contribution is -2.22. The Bertz CT molecular complexity index is 755. The second-order valence-corrected chi connectivity index (χ2v) is 5.55. The molecule has 22 heavy (non-hydrogen) atoms. The van der Waals surface area contributed by atoms with Crippen LogP contribution in [-0.2, 0) is 4.79 Å². The average molecular weight is 308 g/mol. The van der Waals surface area contributed by atoms with Crippen molar-refractivity contribution in [2.24, 2.45) is 5.10 Å². The molecular formula is C17H12N2O2S. The maximum Gasteiger partial charge on any atom is 0.314 e. The largest absolute Gasteiger partial charge is 0.314 e. The van der Waals surface area contributed by atoms with Gasteiger partial charge in [-0.05, 0) is 29.0 Å². The number of hydrazone groups is 1. The van der Waals surface area contributed by atoms with Crippen LogP contribution in [0.4, 0.5) is 4.79 Å². The van der Waals surface area contributed by atoms with Crippen molar-refractivity contribution in [1.82, 2.24) is 5.01 Å². The quantitative estimate of drug-likeness (QED) is 0.641. The molecule has 0 unspecified atom stereocenters. The summed E-state index contributed by atoms with van der Waals surface area (Å²) in [5.74, 6) is -0.397. The highest BCUT2D eigenvalue weighted by molar-refractivity contribution is 8.18. The van der Waals surface area contributed by atoms with Gasteiger partial charge in [-0.3, -0.25) is 9.59 Å². The van der Waals surface area contributed by atoms with Crippen LogP contribution in [0.3, 0.4) is 0 Å². The first-order valence-electron chi connectivity index (χ1n) is 6.66. The van der Waals surface area contributed by atoms with E-state index in [1.165, 1.54) is 6.21 Å². The van der Waals surface area contributed by atoms with Gasteiger partial charge in [0.25, 0.3) is 5.91 Å². The smallest absolute Gasteiger partial charge is 0.266 e. The fourth-order valence-electron chi connectivity index (χ4n) is 1.92. The number of rotatable bonds is 3. The van der Waals surface area contributed by atoms with Crippen LogP contribution >= 0.6 is 11.8 Å². The van der Waals surface area contributed by atoms with Crippen molar-refractivity contribution < 1.29 is 9.59 Å². The Kier molecular flexibility index (Phi) is 4.16. The van der Waals surface area contributed by atoms with Crippen molar-refractivity contribution in [1.29, 1.82) is 0 Å². The fourth-order valence-corrected chi connectivity index (χ4v) is 2.70. The third kappa shape index (κ3) is 3.15. The minimum absolute atomic E-state index is 0.376. The third-order valence-electron chi connectivity index (χ3n) is 2.99. The summed E-state index contributed by atoms with van der Waals surface area (Å²) < 4.78 is 0. The number of carbonyl (C=O) groups excluding carboxylic acids is 2. The SMILES string of the molecule is O=C1SC(=Cc2ccccc2)C(=O)N1N=Cc1ccccc1. The van der Waals surface area contributed by atoms with Crippen LogP contribution in [0.5, 0.6) is 0 Å². The number of hydrogen-bond acceptors (Lipinski definition) is 4. The number of nitrogens with zero attached hydrogens (tertiary/aromatic N) is 2. The molecule has 1 aliphatic rings. The molecule has 0 radical (unpaired) electrons. The minimum Gasteiger partial charge on any atom is -0.266 e. The van der Waals surface area contributed by atoms with Gasteiger partial charge in [-0.25, -0.2) is 0 Å². The van der Waals surface area contributed by atoms with Crippen molar-refractivity contribution >= 4 is 35.2 Å². The molecule has 0 aliphatic carbocycles. The minimum atomic E-state index is -0.397. The molecule has 0 aromatic heterocycles. The predicted octanol–water partition coefficient (Wildman–Crippen LogP) is 3.76. The lowest BCUT2D eigenvalue weighted by atomic mass is 10.2. The zero-order valence-corrected chi connectivity index (χ0v) is 12.4. The van der Waals surface area contributed by atoms with E-state index in [2.05, 4.69) is 5.10 Å². The second kappa shape index (κ2) is 6.41. The normalized spacial score (nSPS) is 16.9. The first kappa shape index (κ1) is 14.3. The monoisotopic (exact) mass is 308 g/mol. The van der Waals surface area contributed by atoms with Gasteiger partial charge in [0, 0.05) is 0 Å². The highest BCUT2D eigenvalue weighted by Crippen LogP contribution is 2.32. The molecule has 0 bridgehead atoms. The molecule has 1 aliphatic heterocycles. The molecule has 2 amide bonds. The van der Waals surface area contributed by atoms with Crippen LogP contribution < -0.4 is 0 Å². The van der Waals surface area contributed by atoms with E-state index in [-0.39, 0.29) is 5.24 Å². The molecule has 0 N–H and O–H groups in total. The Morgan fingerprint density at radius 2 is 1.45 bits per heavy atom. The van der Waals surface area contributed by atoms with Gasteiger partial charge in [-0.1, -0.05) is 60.7 Å². The lowest BCUT2D eigenvalue weighted by molar-refractivity contribution is -0.122. The number of carbonyl (C=O) groups is 2. The lowest BCUT2D eigenvalue weighted by Gasteiger charge is -2.03. The zero-order chi connectivity index (χ0) is 15.4. The Balaban J connectivity index is 1.80. The van der Waals surface area contributed by atoms with Crippen molar-refractivity contribution in [3.8, 4) is 0 Å². The first-order valence-corrected chi connectivity index (χ1v) is 7.48.